The molecule has 0 saturated heterocycles. The minimum Gasteiger partial charge on any atom is -0.458 e. The maximum atomic E-state index is 7.15. The molecule has 0 saturated carbocycles. The second-order valence-electron chi connectivity index (χ2n) is 12.2. The van der Waals surface area contributed by atoms with Gasteiger partial charge in [0.2, 0.25) is 0 Å². The van der Waals surface area contributed by atoms with E-state index in [9.17, 15) is 0 Å². The van der Waals surface area contributed by atoms with Gasteiger partial charge in [0.05, 0.1) is 16.7 Å². The van der Waals surface area contributed by atoms with Crippen molar-refractivity contribution in [3.05, 3.63) is 146 Å². The maximum Gasteiger partial charge on any atom is 0.260 e. The minimum atomic E-state index is -0.0375. The van der Waals surface area contributed by atoms with E-state index in [1.54, 1.807) is 0 Å². The number of para-hydroxylation sites is 3. The first-order chi connectivity index (χ1) is 22.8. The van der Waals surface area contributed by atoms with Crippen LogP contribution in [0.5, 0.6) is 23.0 Å². The molecule has 0 amide bonds. The smallest absolute Gasteiger partial charge is 0.260 e. The molecule has 9 aromatic rings. The molecular weight excluding hydrogens is 561 g/mol. The van der Waals surface area contributed by atoms with E-state index in [2.05, 4.69) is 138 Å². The Morgan fingerprint density at radius 2 is 1.17 bits per heavy atom. The Kier molecular flexibility index (Phi) is 4.58. The Hall–Kier alpha value is -6.18. The fourth-order valence-corrected chi connectivity index (χ4v) is 8.06. The molecule has 2 aliphatic rings. The summed E-state index contributed by atoms with van der Waals surface area (Å²) in [6.07, 6.45) is 0. The van der Waals surface area contributed by atoms with Crippen molar-refractivity contribution >= 4 is 77.2 Å². The molecule has 210 valence electrons. The monoisotopic (exact) mass is 583 g/mol. The highest BCUT2D eigenvalue weighted by molar-refractivity contribution is 6.98. The van der Waals surface area contributed by atoms with E-state index in [0.717, 1.165) is 77.7 Å². The van der Waals surface area contributed by atoms with Crippen LogP contribution >= 0.6 is 0 Å². The van der Waals surface area contributed by atoms with Crippen LogP contribution in [0.4, 0.5) is 0 Å². The minimum absolute atomic E-state index is 0.0375. The molecule has 0 fully saturated rings. The van der Waals surface area contributed by atoms with Gasteiger partial charge in [0.15, 0.2) is 0 Å². The summed E-state index contributed by atoms with van der Waals surface area (Å²) >= 11 is 0. The number of aromatic nitrogens is 1. The summed E-state index contributed by atoms with van der Waals surface area (Å²) in [6.45, 7) is -0.0375. The van der Waals surface area contributed by atoms with Crippen LogP contribution in [-0.4, -0.2) is 11.3 Å². The zero-order valence-corrected chi connectivity index (χ0v) is 24.5. The lowest BCUT2D eigenvalue weighted by Crippen LogP contribution is -2.57. The summed E-state index contributed by atoms with van der Waals surface area (Å²) in [6, 6.07) is 53.9. The molecule has 0 radical (unpaired) electrons. The first kappa shape index (κ1) is 24.2. The lowest BCUT2D eigenvalue weighted by Gasteiger charge is -2.34. The summed E-state index contributed by atoms with van der Waals surface area (Å²) in [5.41, 5.74) is 6.64. The van der Waals surface area contributed by atoms with Gasteiger partial charge in [0.25, 0.3) is 6.71 Å². The SMILES string of the molecule is c1ccc2c(c#1)c1c3c(ccc1c1ccccc21)B1c2ccccc2Oc2cc(-n4c5ccccc5c5ccccc54)cc(c21)O3. The van der Waals surface area contributed by atoms with Crippen molar-refractivity contribution in [2.45, 2.75) is 0 Å². The second-order valence-corrected chi connectivity index (χ2v) is 12.2. The Morgan fingerprint density at radius 3 is 1.96 bits per heavy atom. The number of hydrogen-bond acceptors (Lipinski definition) is 2. The van der Waals surface area contributed by atoms with Crippen molar-refractivity contribution in [2.75, 3.05) is 0 Å². The van der Waals surface area contributed by atoms with Crippen molar-refractivity contribution < 1.29 is 9.47 Å². The van der Waals surface area contributed by atoms with Crippen LogP contribution < -0.4 is 25.9 Å². The van der Waals surface area contributed by atoms with Crippen LogP contribution in [0.15, 0.2) is 133 Å². The lowest BCUT2D eigenvalue weighted by atomic mass is 9.34. The molecule has 0 unspecified atom stereocenters. The van der Waals surface area contributed by atoms with Crippen LogP contribution in [-0.2, 0) is 0 Å². The standard InChI is InChI=1S/C42H22BNO2/c1-2-13-28-26(11-1)27-12-3-4-16-31(27)40-32(28)21-22-34-42(40)46-39-24-25(23-38-41(39)43(34)33-17-7-10-20-37(33)45-38)44-35-18-8-5-14-29(35)30-15-6-9-19-36(30)44/h1-3,5-15,17-24H. The number of rotatable bonds is 1. The number of nitrogens with zero attached hydrogens (tertiary/aromatic N) is 1. The van der Waals surface area contributed by atoms with Crippen LogP contribution in [0.1, 0.15) is 0 Å². The summed E-state index contributed by atoms with van der Waals surface area (Å²) in [7, 11) is 0. The summed E-state index contributed by atoms with van der Waals surface area (Å²) in [5.74, 6) is 3.40. The molecule has 0 atom stereocenters. The Bertz CT molecular complexity index is 2690. The van der Waals surface area contributed by atoms with Gasteiger partial charge in [-0.05, 0) is 62.8 Å². The molecule has 2 aliphatic heterocycles. The Labute approximate surface area is 264 Å². The Balaban J connectivity index is 1.26. The van der Waals surface area contributed by atoms with Crippen molar-refractivity contribution in [3.8, 4) is 28.7 Å². The van der Waals surface area contributed by atoms with Gasteiger partial charge in [-0.3, -0.25) is 0 Å². The summed E-state index contributed by atoms with van der Waals surface area (Å²) < 4.78 is 16.2. The molecule has 3 heterocycles. The third-order valence-corrected chi connectivity index (χ3v) is 9.93. The average molecular weight is 583 g/mol. The van der Waals surface area contributed by atoms with E-state index >= 15 is 0 Å². The zero-order chi connectivity index (χ0) is 29.9. The second kappa shape index (κ2) is 8.72. The fraction of sp³-hybridized carbons (Fsp3) is 0. The van der Waals surface area contributed by atoms with Gasteiger partial charge in [-0.2, -0.15) is 0 Å². The topological polar surface area (TPSA) is 23.4 Å². The van der Waals surface area contributed by atoms with Crippen molar-refractivity contribution in [3.63, 3.8) is 0 Å². The highest BCUT2D eigenvalue weighted by atomic mass is 16.5. The van der Waals surface area contributed by atoms with Gasteiger partial charge in [0, 0.05) is 39.1 Å². The Morgan fingerprint density at radius 1 is 0.522 bits per heavy atom. The predicted molar refractivity (Wildman–Crippen MR) is 189 cm³/mol. The van der Waals surface area contributed by atoms with Crippen LogP contribution in [0.3, 0.4) is 0 Å². The quantitative estimate of drug-likeness (QED) is 0.143. The molecule has 0 N–H and O–H groups in total. The summed E-state index contributed by atoms with van der Waals surface area (Å²) in [4.78, 5) is 0. The highest BCUT2D eigenvalue weighted by Crippen LogP contribution is 2.44. The maximum absolute atomic E-state index is 7.15. The first-order valence-corrected chi connectivity index (χ1v) is 15.6. The van der Waals surface area contributed by atoms with Crippen LogP contribution in [0.2, 0.25) is 0 Å². The predicted octanol–water partition coefficient (Wildman–Crippen LogP) is 8.57. The zero-order valence-electron chi connectivity index (χ0n) is 24.5. The largest absolute Gasteiger partial charge is 0.458 e. The molecule has 8 aromatic carbocycles. The van der Waals surface area contributed by atoms with Crippen molar-refractivity contribution in [1.82, 2.24) is 4.57 Å². The number of benzene rings is 7. The van der Waals surface area contributed by atoms with E-state index in [1.165, 1.54) is 21.5 Å². The van der Waals surface area contributed by atoms with E-state index in [-0.39, 0.29) is 6.71 Å². The normalized spacial score (nSPS) is 12.9. The van der Waals surface area contributed by atoms with Gasteiger partial charge in [-0.25, -0.2) is 0 Å². The third kappa shape index (κ3) is 3.04. The fourth-order valence-electron chi connectivity index (χ4n) is 8.06. The molecule has 46 heavy (non-hydrogen) atoms. The highest BCUT2D eigenvalue weighted by Gasteiger charge is 2.41. The number of fused-ring (bicyclic) bond motifs is 14. The van der Waals surface area contributed by atoms with E-state index < -0.39 is 0 Å². The third-order valence-electron chi connectivity index (χ3n) is 9.93. The van der Waals surface area contributed by atoms with Gasteiger partial charge < -0.3 is 14.0 Å². The first-order valence-electron chi connectivity index (χ1n) is 15.6. The van der Waals surface area contributed by atoms with Gasteiger partial charge in [0.1, 0.15) is 23.0 Å². The molecule has 4 heteroatoms. The summed E-state index contributed by atoms with van der Waals surface area (Å²) in [5, 5.41) is 9.24. The van der Waals surface area contributed by atoms with Crippen LogP contribution in [0.25, 0.3) is 59.8 Å². The molecule has 0 aliphatic carbocycles. The molecule has 0 bridgehead atoms. The average Bonchev–Trinajstić information content (AvgIpc) is 3.45. The van der Waals surface area contributed by atoms with Gasteiger partial charge in [-0.15, -0.1) is 0 Å². The van der Waals surface area contributed by atoms with E-state index in [1.807, 2.05) is 12.1 Å². The molecule has 1 aromatic heterocycles. The van der Waals surface area contributed by atoms with E-state index in [0.29, 0.717) is 0 Å². The van der Waals surface area contributed by atoms with Crippen molar-refractivity contribution in [1.29, 1.82) is 0 Å². The molecule has 3 nitrogen and oxygen atoms in total. The van der Waals surface area contributed by atoms with Crippen molar-refractivity contribution in [2.24, 2.45) is 0 Å². The lowest BCUT2D eigenvalue weighted by molar-refractivity contribution is 0.467. The molecule has 0 spiro atoms. The molecular formula is C42H22BNO2. The number of hydrogen-bond donors (Lipinski definition) is 0. The van der Waals surface area contributed by atoms with Gasteiger partial charge >= 0.3 is 0 Å². The van der Waals surface area contributed by atoms with Crippen LogP contribution in [0, 0.1) is 12.1 Å². The van der Waals surface area contributed by atoms with Gasteiger partial charge in [-0.1, -0.05) is 103 Å². The van der Waals surface area contributed by atoms with E-state index in [4.69, 9.17) is 9.47 Å². The number of ether oxygens (including phenoxy) is 2. The molecule has 11 rings (SSSR count).